The Labute approximate surface area is 91.8 Å². The van der Waals surface area contributed by atoms with Crippen molar-refractivity contribution >= 4 is 0 Å². The second kappa shape index (κ2) is 6.56. The number of methoxy groups -OCH3 is 1. The zero-order valence-electron chi connectivity index (χ0n) is 9.52. The first-order chi connectivity index (χ1) is 7.27. The first-order valence-electron chi connectivity index (χ1n) is 5.21. The molecule has 15 heavy (non-hydrogen) atoms. The summed E-state index contributed by atoms with van der Waals surface area (Å²) >= 11 is 0. The fourth-order valence-corrected chi connectivity index (χ4v) is 1.57. The normalized spacial score (nSPS) is 13.1. The number of ether oxygens (including phenoxy) is 1. The van der Waals surface area contributed by atoms with Gasteiger partial charge in [0.15, 0.2) is 0 Å². The van der Waals surface area contributed by atoms with Gasteiger partial charge in [-0.3, -0.25) is 4.90 Å². The predicted octanol–water partition coefficient (Wildman–Crippen LogP) is 1.09. The molecule has 0 heterocycles. The fraction of sp³-hybridized carbons (Fsp3) is 0.500. The minimum absolute atomic E-state index is 0.287. The zero-order valence-corrected chi connectivity index (χ0v) is 9.52. The highest BCUT2D eigenvalue weighted by Gasteiger charge is 2.12. The Balaban J connectivity index is 2.50. The molecule has 1 rings (SSSR count). The van der Waals surface area contributed by atoms with Gasteiger partial charge in [0.1, 0.15) is 0 Å². The van der Waals surface area contributed by atoms with E-state index in [4.69, 9.17) is 10.5 Å². The standard InChI is InChI=1S/C12H20N2O/c1-14(12(8-13)10-15-2)9-11-6-4-3-5-7-11/h3-7,12H,8-10,13H2,1-2H3. The van der Waals surface area contributed by atoms with Gasteiger partial charge in [-0.15, -0.1) is 0 Å². The highest BCUT2D eigenvalue weighted by atomic mass is 16.5. The van der Waals surface area contributed by atoms with Crippen LogP contribution in [0, 0.1) is 0 Å². The SMILES string of the molecule is COCC(CN)N(C)Cc1ccccc1. The molecule has 84 valence electrons. The minimum atomic E-state index is 0.287. The van der Waals surface area contributed by atoms with Crippen molar-refractivity contribution in [3.05, 3.63) is 35.9 Å². The summed E-state index contributed by atoms with van der Waals surface area (Å²) in [6.45, 7) is 2.21. The molecule has 1 aromatic rings. The monoisotopic (exact) mass is 208 g/mol. The summed E-state index contributed by atoms with van der Waals surface area (Å²) in [5.41, 5.74) is 6.99. The van der Waals surface area contributed by atoms with Crippen LogP contribution in [0.2, 0.25) is 0 Å². The summed E-state index contributed by atoms with van der Waals surface area (Å²) in [5, 5.41) is 0. The average molecular weight is 208 g/mol. The lowest BCUT2D eigenvalue weighted by molar-refractivity contribution is 0.106. The number of benzene rings is 1. The Hall–Kier alpha value is -0.900. The highest BCUT2D eigenvalue weighted by molar-refractivity contribution is 5.14. The molecule has 3 heteroatoms. The van der Waals surface area contributed by atoms with E-state index in [0.29, 0.717) is 13.2 Å². The predicted molar refractivity (Wildman–Crippen MR) is 62.6 cm³/mol. The third-order valence-corrected chi connectivity index (χ3v) is 2.53. The van der Waals surface area contributed by atoms with E-state index in [0.717, 1.165) is 6.54 Å². The maximum Gasteiger partial charge on any atom is 0.0630 e. The fourth-order valence-electron chi connectivity index (χ4n) is 1.57. The summed E-state index contributed by atoms with van der Waals surface area (Å²) in [6, 6.07) is 10.7. The summed E-state index contributed by atoms with van der Waals surface area (Å²) < 4.78 is 5.13. The molecule has 1 unspecified atom stereocenters. The largest absolute Gasteiger partial charge is 0.383 e. The third-order valence-electron chi connectivity index (χ3n) is 2.53. The Bertz CT molecular complexity index is 264. The molecule has 0 bridgehead atoms. The maximum atomic E-state index is 5.69. The summed E-state index contributed by atoms with van der Waals surface area (Å²) in [5.74, 6) is 0. The molecule has 0 aromatic heterocycles. The van der Waals surface area contributed by atoms with Gasteiger partial charge in [0, 0.05) is 26.2 Å². The quantitative estimate of drug-likeness (QED) is 0.760. The van der Waals surface area contributed by atoms with E-state index in [9.17, 15) is 0 Å². The van der Waals surface area contributed by atoms with Crippen LogP contribution < -0.4 is 5.73 Å². The van der Waals surface area contributed by atoms with Gasteiger partial charge in [-0.05, 0) is 12.6 Å². The summed E-state index contributed by atoms with van der Waals surface area (Å²) in [6.07, 6.45) is 0. The van der Waals surface area contributed by atoms with Gasteiger partial charge in [0.25, 0.3) is 0 Å². The molecule has 1 atom stereocenters. The Morgan fingerprint density at radius 1 is 1.33 bits per heavy atom. The molecule has 0 aliphatic carbocycles. The molecule has 0 spiro atoms. The van der Waals surface area contributed by atoms with Gasteiger partial charge in [-0.1, -0.05) is 30.3 Å². The van der Waals surface area contributed by atoms with E-state index in [1.165, 1.54) is 5.56 Å². The number of nitrogens with zero attached hydrogens (tertiary/aromatic N) is 1. The van der Waals surface area contributed by atoms with Crippen LogP contribution in [-0.2, 0) is 11.3 Å². The summed E-state index contributed by atoms with van der Waals surface area (Å²) in [4.78, 5) is 2.22. The van der Waals surface area contributed by atoms with Crippen molar-refractivity contribution in [2.45, 2.75) is 12.6 Å². The van der Waals surface area contributed by atoms with Gasteiger partial charge in [0.2, 0.25) is 0 Å². The van der Waals surface area contributed by atoms with Gasteiger partial charge in [-0.2, -0.15) is 0 Å². The van der Waals surface area contributed by atoms with Gasteiger partial charge < -0.3 is 10.5 Å². The molecule has 2 N–H and O–H groups in total. The van der Waals surface area contributed by atoms with Crippen LogP contribution in [0.3, 0.4) is 0 Å². The smallest absolute Gasteiger partial charge is 0.0630 e. The molecule has 0 amide bonds. The van der Waals surface area contributed by atoms with E-state index in [2.05, 4.69) is 36.2 Å². The molecule has 0 saturated carbocycles. The van der Waals surface area contributed by atoms with Crippen molar-refractivity contribution in [1.82, 2.24) is 4.90 Å². The lowest BCUT2D eigenvalue weighted by Crippen LogP contribution is -2.40. The number of hydrogen-bond donors (Lipinski definition) is 1. The number of hydrogen-bond acceptors (Lipinski definition) is 3. The maximum absolute atomic E-state index is 5.69. The Morgan fingerprint density at radius 3 is 2.53 bits per heavy atom. The lowest BCUT2D eigenvalue weighted by Gasteiger charge is -2.26. The van der Waals surface area contributed by atoms with Crippen molar-refractivity contribution in [2.75, 3.05) is 27.3 Å². The van der Waals surface area contributed by atoms with Crippen LogP contribution >= 0.6 is 0 Å². The van der Waals surface area contributed by atoms with Crippen LogP contribution in [-0.4, -0.2) is 38.3 Å². The first kappa shape index (κ1) is 12.2. The number of rotatable bonds is 6. The van der Waals surface area contributed by atoms with Crippen LogP contribution in [0.5, 0.6) is 0 Å². The molecular formula is C12H20N2O. The van der Waals surface area contributed by atoms with Crippen LogP contribution in [0.4, 0.5) is 0 Å². The van der Waals surface area contributed by atoms with Crippen molar-refractivity contribution in [3.8, 4) is 0 Å². The van der Waals surface area contributed by atoms with Gasteiger partial charge >= 0.3 is 0 Å². The van der Waals surface area contributed by atoms with Crippen molar-refractivity contribution in [1.29, 1.82) is 0 Å². The minimum Gasteiger partial charge on any atom is -0.383 e. The highest BCUT2D eigenvalue weighted by Crippen LogP contribution is 2.05. The first-order valence-corrected chi connectivity index (χ1v) is 5.21. The molecule has 1 aromatic carbocycles. The van der Waals surface area contributed by atoms with Crippen molar-refractivity contribution < 1.29 is 4.74 Å². The Kier molecular flexibility index (Phi) is 5.32. The van der Waals surface area contributed by atoms with E-state index in [-0.39, 0.29) is 6.04 Å². The van der Waals surface area contributed by atoms with E-state index < -0.39 is 0 Å². The van der Waals surface area contributed by atoms with E-state index in [1.54, 1.807) is 7.11 Å². The lowest BCUT2D eigenvalue weighted by atomic mass is 10.2. The molecule has 3 nitrogen and oxygen atoms in total. The average Bonchev–Trinajstić information content (AvgIpc) is 2.27. The van der Waals surface area contributed by atoms with Crippen LogP contribution in [0.1, 0.15) is 5.56 Å². The molecular weight excluding hydrogens is 188 g/mol. The van der Waals surface area contributed by atoms with Crippen LogP contribution in [0.15, 0.2) is 30.3 Å². The molecule has 0 aliphatic rings. The zero-order chi connectivity index (χ0) is 11.1. The Morgan fingerprint density at radius 2 is 2.00 bits per heavy atom. The van der Waals surface area contributed by atoms with E-state index in [1.807, 2.05) is 6.07 Å². The van der Waals surface area contributed by atoms with Gasteiger partial charge in [0.05, 0.1) is 6.61 Å². The van der Waals surface area contributed by atoms with Crippen molar-refractivity contribution in [3.63, 3.8) is 0 Å². The topological polar surface area (TPSA) is 38.5 Å². The molecule has 0 aliphatic heterocycles. The second-order valence-electron chi connectivity index (χ2n) is 3.75. The third kappa shape index (κ3) is 4.00. The van der Waals surface area contributed by atoms with Crippen LogP contribution in [0.25, 0.3) is 0 Å². The number of likely N-dealkylation sites (N-methyl/N-ethyl adjacent to an activating group) is 1. The molecule has 0 radical (unpaired) electrons. The molecule has 0 fully saturated rings. The van der Waals surface area contributed by atoms with E-state index >= 15 is 0 Å². The summed E-state index contributed by atoms with van der Waals surface area (Å²) in [7, 11) is 3.78. The van der Waals surface area contributed by atoms with Gasteiger partial charge in [-0.25, -0.2) is 0 Å². The van der Waals surface area contributed by atoms with Crippen molar-refractivity contribution in [2.24, 2.45) is 5.73 Å². The number of nitrogens with two attached hydrogens (primary N) is 1. The molecule has 0 saturated heterocycles. The second-order valence-corrected chi connectivity index (χ2v) is 3.75.